The van der Waals surface area contributed by atoms with Crippen molar-refractivity contribution in [1.82, 2.24) is 5.32 Å². The van der Waals surface area contributed by atoms with E-state index in [0.717, 1.165) is 5.56 Å². The number of esters is 2. The van der Waals surface area contributed by atoms with Crippen molar-refractivity contribution in [2.45, 2.75) is 39.0 Å². The first-order valence-electron chi connectivity index (χ1n) is 7.25. The molecule has 3 atom stereocenters. The van der Waals surface area contributed by atoms with E-state index in [1.165, 1.54) is 0 Å². The molecule has 0 unspecified atom stereocenters. The molecule has 2 rings (SSSR count). The Bertz CT molecular complexity index is 488. The summed E-state index contributed by atoms with van der Waals surface area (Å²) in [5, 5.41) is 3.29. The minimum absolute atomic E-state index is 0.181. The lowest BCUT2D eigenvalue weighted by atomic mass is 9.89. The first-order valence-corrected chi connectivity index (χ1v) is 7.25. The summed E-state index contributed by atoms with van der Waals surface area (Å²) >= 11 is 0. The number of cyclic esters (lactones) is 1. The lowest BCUT2D eigenvalue weighted by molar-refractivity contribution is -0.170. The van der Waals surface area contributed by atoms with Crippen molar-refractivity contribution in [3.8, 4) is 0 Å². The standard InChI is InChI=1S/C16H21NO4/c1-3-20-16(19)15-11(2)21-14(18)9-13(15)17-10-12-7-5-4-6-8-12/h4-8,11,13,15,17H,3,9-10H2,1-2H3/t11-,13+,15+/m1/s1. The van der Waals surface area contributed by atoms with Gasteiger partial charge in [0, 0.05) is 12.6 Å². The van der Waals surface area contributed by atoms with E-state index >= 15 is 0 Å². The number of hydrogen-bond acceptors (Lipinski definition) is 5. The number of ether oxygens (including phenoxy) is 2. The zero-order chi connectivity index (χ0) is 15.2. The van der Waals surface area contributed by atoms with Gasteiger partial charge in [0.2, 0.25) is 0 Å². The van der Waals surface area contributed by atoms with Crippen LogP contribution in [0.25, 0.3) is 0 Å². The van der Waals surface area contributed by atoms with E-state index < -0.39 is 12.0 Å². The van der Waals surface area contributed by atoms with Gasteiger partial charge >= 0.3 is 11.9 Å². The van der Waals surface area contributed by atoms with E-state index in [0.29, 0.717) is 13.2 Å². The van der Waals surface area contributed by atoms with Gasteiger partial charge in [0.25, 0.3) is 0 Å². The topological polar surface area (TPSA) is 64.6 Å². The van der Waals surface area contributed by atoms with Gasteiger partial charge in [-0.2, -0.15) is 0 Å². The largest absolute Gasteiger partial charge is 0.466 e. The number of hydrogen-bond donors (Lipinski definition) is 1. The van der Waals surface area contributed by atoms with Crippen LogP contribution in [0.5, 0.6) is 0 Å². The molecule has 1 aliphatic rings. The second-order valence-electron chi connectivity index (χ2n) is 5.15. The molecule has 0 radical (unpaired) electrons. The maximum absolute atomic E-state index is 12.1. The van der Waals surface area contributed by atoms with E-state index in [2.05, 4.69) is 5.32 Å². The molecular formula is C16H21NO4. The van der Waals surface area contributed by atoms with E-state index in [4.69, 9.17) is 9.47 Å². The summed E-state index contributed by atoms with van der Waals surface area (Å²) in [6.07, 6.45) is -0.292. The smallest absolute Gasteiger partial charge is 0.314 e. The number of carbonyl (C=O) groups excluding carboxylic acids is 2. The Hall–Kier alpha value is -1.88. The zero-order valence-electron chi connectivity index (χ0n) is 12.4. The van der Waals surface area contributed by atoms with Gasteiger partial charge in [0.15, 0.2) is 0 Å². The molecule has 1 N–H and O–H groups in total. The summed E-state index contributed by atoms with van der Waals surface area (Å²) in [5.41, 5.74) is 1.10. The second-order valence-corrected chi connectivity index (χ2v) is 5.15. The van der Waals surface area contributed by atoms with Gasteiger partial charge in [-0.05, 0) is 19.4 Å². The third kappa shape index (κ3) is 4.04. The van der Waals surface area contributed by atoms with Gasteiger partial charge < -0.3 is 14.8 Å². The van der Waals surface area contributed by atoms with Crippen LogP contribution in [0.15, 0.2) is 30.3 Å². The number of benzene rings is 1. The summed E-state index contributed by atoms with van der Waals surface area (Å²) in [4.78, 5) is 23.7. The van der Waals surface area contributed by atoms with Gasteiger partial charge in [-0.1, -0.05) is 30.3 Å². The molecule has 1 saturated heterocycles. The fraction of sp³-hybridized carbons (Fsp3) is 0.500. The Morgan fingerprint density at radius 2 is 2.10 bits per heavy atom. The summed E-state index contributed by atoms with van der Waals surface area (Å²) < 4.78 is 10.3. The van der Waals surface area contributed by atoms with E-state index in [9.17, 15) is 9.59 Å². The van der Waals surface area contributed by atoms with E-state index in [1.807, 2.05) is 30.3 Å². The SMILES string of the molecule is CCOC(=O)[C@@H]1[C@@H](NCc2ccccc2)CC(=O)O[C@@H]1C. The van der Waals surface area contributed by atoms with E-state index in [1.54, 1.807) is 13.8 Å². The Morgan fingerprint density at radius 3 is 2.76 bits per heavy atom. The quantitative estimate of drug-likeness (QED) is 0.836. The fourth-order valence-corrected chi connectivity index (χ4v) is 2.60. The lowest BCUT2D eigenvalue weighted by Crippen LogP contribution is -2.52. The number of carbonyl (C=O) groups is 2. The van der Waals surface area contributed by atoms with Crippen molar-refractivity contribution < 1.29 is 19.1 Å². The van der Waals surface area contributed by atoms with Crippen LogP contribution in [0.3, 0.4) is 0 Å². The minimum Gasteiger partial charge on any atom is -0.466 e. The highest BCUT2D eigenvalue weighted by Crippen LogP contribution is 2.24. The van der Waals surface area contributed by atoms with Crippen LogP contribution in [0.2, 0.25) is 0 Å². The van der Waals surface area contributed by atoms with Crippen LogP contribution in [0.4, 0.5) is 0 Å². The highest BCUT2D eigenvalue weighted by molar-refractivity contribution is 5.79. The maximum atomic E-state index is 12.1. The van der Waals surface area contributed by atoms with Crippen LogP contribution in [0, 0.1) is 5.92 Å². The Kier molecular flexibility index (Phi) is 5.33. The third-order valence-electron chi connectivity index (χ3n) is 3.61. The molecule has 0 amide bonds. The normalized spacial score (nSPS) is 25.2. The molecule has 1 aromatic carbocycles. The van der Waals surface area contributed by atoms with Crippen molar-refractivity contribution in [2.24, 2.45) is 5.92 Å². The average Bonchev–Trinajstić information content (AvgIpc) is 2.45. The zero-order valence-corrected chi connectivity index (χ0v) is 12.4. The third-order valence-corrected chi connectivity index (χ3v) is 3.61. The maximum Gasteiger partial charge on any atom is 0.314 e. The summed E-state index contributed by atoms with van der Waals surface area (Å²) in [6.45, 7) is 4.42. The first-order chi connectivity index (χ1) is 10.1. The molecule has 1 fully saturated rings. The lowest BCUT2D eigenvalue weighted by Gasteiger charge is -2.34. The Labute approximate surface area is 124 Å². The van der Waals surface area contributed by atoms with Crippen molar-refractivity contribution in [1.29, 1.82) is 0 Å². The minimum atomic E-state index is -0.474. The summed E-state index contributed by atoms with van der Waals surface area (Å²) in [6, 6.07) is 9.59. The van der Waals surface area contributed by atoms with Crippen LogP contribution < -0.4 is 5.32 Å². The molecule has 5 heteroatoms. The molecular weight excluding hydrogens is 270 g/mol. The van der Waals surface area contributed by atoms with Crippen molar-refractivity contribution in [3.05, 3.63) is 35.9 Å². The highest BCUT2D eigenvalue weighted by Gasteiger charge is 2.41. The van der Waals surface area contributed by atoms with Crippen LogP contribution in [0.1, 0.15) is 25.8 Å². The molecule has 1 aliphatic heterocycles. The molecule has 0 bridgehead atoms. The van der Waals surface area contributed by atoms with Crippen molar-refractivity contribution in [3.63, 3.8) is 0 Å². The molecule has 0 aromatic heterocycles. The summed E-state index contributed by atoms with van der Waals surface area (Å²) in [5.74, 6) is -1.07. The fourth-order valence-electron chi connectivity index (χ4n) is 2.60. The predicted octanol–water partition coefficient (Wildman–Crippen LogP) is 1.66. The Balaban J connectivity index is 2.04. The monoisotopic (exact) mass is 291 g/mol. The molecule has 1 heterocycles. The average molecular weight is 291 g/mol. The molecule has 1 aromatic rings. The van der Waals surface area contributed by atoms with Crippen molar-refractivity contribution >= 4 is 11.9 Å². The van der Waals surface area contributed by atoms with Gasteiger partial charge in [0.1, 0.15) is 12.0 Å². The molecule has 114 valence electrons. The Morgan fingerprint density at radius 1 is 1.38 bits per heavy atom. The highest BCUT2D eigenvalue weighted by atomic mass is 16.6. The molecule has 0 spiro atoms. The van der Waals surface area contributed by atoms with Gasteiger partial charge in [-0.25, -0.2) is 0 Å². The van der Waals surface area contributed by atoms with Gasteiger partial charge in [-0.15, -0.1) is 0 Å². The number of rotatable bonds is 5. The van der Waals surface area contributed by atoms with Crippen LogP contribution in [-0.2, 0) is 25.6 Å². The van der Waals surface area contributed by atoms with Crippen molar-refractivity contribution in [2.75, 3.05) is 6.61 Å². The van der Waals surface area contributed by atoms with E-state index in [-0.39, 0.29) is 24.4 Å². The molecule has 0 saturated carbocycles. The van der Waals surface area contributed by atoms with Crippen LogP contribution >= 0.6 is 0 Å². The number of nitrogens with one attached hydrogen (secondary N) is 1. The van der Waals surface area contributed by atoms with Gasteiger partial charge in [-0.3, -0.25) is 9.59 Å². The predicted molar refractivity (Wildman–Crippen MR) is 77.4 cm³/mol. The van der Waals surface area contributed by atoms with Crippen LogP contribution in [-0.4, -0.2) is 30.7 Å². The first kappa shape index (κ1) is 15.5. The summed E-state index contributed by atoms with van der Waals surface area (Å²) in [7, 11) is 0. The molecule has 5 nitrogen and oxygen atoms in total. The second kappa shape index (κ2) is 7.22. The molecule has 0 aliphatic carbocycles. The molecule has 21 heavy (non-hydrogen) atoms. The van der Waals surface area contributed by atoms with Gasteiger partial charge in [0.05, 0.1) is 13.0 Å².